The number of rotatable bonds is 7. The number of likely N-dealkylation sites (N-methyl/N-ethyl adjacent to an activating group) is 2. The Balaban J connectivity index is 1.44. The summed E-state index contributed by atoms with van der Waals surface area (Å²) in [7, 11) is 3.43. The summed E-state index contributed by atoms with van der Waals surface area (Å²) in [5.74, 6) is 1.04. The Labute approximate surface area is 175 Å². The van der Waals surface area contributed by atoms with E-state index in [9.17, 15) is 9.59 Å². The number of nitrogens with zero attached hydrogens (tertiary/aromatic N) is 2. The van der Waals surface area contributed by atoms with E-state index in [1.54, 1.807) is 48.2 Å². The van der Waals surface area contributed by atoms with E-state index in [2.05, 4.69) is 5.32 Å². The van der Waals surface area contributed by atoms with Crippen LogP contribution in [0.3, 0.4) is 0 Å². The number of fused-ring (bicyclic) bond motifs is 1. The molecule has 1 heterocycles. The molecule has 0 spiro atoms. The first kappa shape index (κ1) is 21.0. The van der Waals surface area contributed by atoms with Gasteiger partial charge >= 0.3 is 0 Å². The minimum atomic E-state index is -0.243. The third-order valence-corrected chi connectivity index (χ3v) is 4.77. The number of ether oxygens (including phenoxy) is 2. The lowest BCUT2D eigenvalue weighted by Gasteiger charge is -2.30. The van der Waals surface area contributed by atoms with Gasteiger partial charge in [-0.1, -0.05) is 35.9 Å². The minimum Gasteiger partial charge on any atom is -0.486 e. The molecule has 8 heteroatoms. The summed E-state index contributed by atoms with van der Waals surface area (Å²) in [6.45, 7) is 0.954. The van der Waals surface area contributed by atoms with Crippen LogP contribution >= 0.6 is 11.6 Å². The van der Waals surface area contributed by atoms with Crippen molar-refractivity contribution in [3.63, 3.8) is 0 Å². The molecule has 7 nitrogen and oxygen atoms in total. The van der Waals surface area contributed by atoms with Gasteiger partial charge in [-0.15, -0.1) is 0 Å². The summed E-state index contributed by atoms with van der Waals surface area (Å²) >= 11 is 6.04. The molecular weight excluding hydrogens is 394 g/mol. The fourth-order valence-corrected chi connectivity index (χ4v) is 3.15. The standard InChI is InChI=1S/C21H24ClN3O4/c1-24(12-20(26)23-17-8-4-3-7-16(17)22)13-21(27)25(2)11-15-14-28-18-9-5-6-10-19(18)29-15/h3-10,15H,11-14H2,1-2H3,(H,23,26)/t15-/m1/s1. The van der Waals surface area contributed by atoms with Gasteiger partial charge in [-0.3, -0.25) is 14.5 Å². The second-order valence-electron chi connectivity index (χ2n) is 6.97. The van der Waals surface area contributed by atoms with Crippen molar-refractivity contribution in [3.05, 3.63) is 53.6 Å². The monoisotopic (exact) mass is 417 g/mol. The van der Waals surface area contributed by atoms with Gasteiger partial charge in [0.2, 0.25) is 11.8 Å². The van der Waals surface area contributed by atoms with Gasteiger partial charge in [0.05, 0.1) is 30.3 Å². The first-order valence-electron chi connectivity index (χ1n) is 9.27. The lowest BCUT2D eigenvalue weighted by Crippen LogP contribution is -2.45. The quantitative estimate of drug-likeness (QED) is 0.749. The molecule has 1 atom stereocenters. The van der Waals surface area contributed by atoms with Crippen molar-refractivity contribution in [1.29, 1.82) is 0 Å². The van der Waals surface area contributed by atoms with Gasteiger partial charge in [0, 0.05) is 7.05 Å². The van der Waals surface area contributed by atoms with Crippen molar-refractivity contribution >= 4 is 29.1 Å². The van der Waals surface area contributed by atoms with E-state index in [4.69, 9.17) is 21.1 Å². The molecule has 0 fully saturated rings. The number of carbonyl (C=O) groups excluding carboxylic acids is 2. The van der Waals surface area contributed by atoms with Crippen LogP contribution in [-0.2, 0) is 9.59 Å². The number of hydrogen-bond donors (Lipinski definition) is 1. The van der Waals surface area contributed by atoms with Gasteiger partial charge in [-0.25, -0.2) is 0 Å². The number of anilines is 1. The highest BCUT2D eigenvalue weighted by Gasteiger charge is 2.24. The summed E-state index contributed by atoms with van der Waals surface area (Å²) in [5, 5.41) is 3.21. The van der Waals surface area contributed by atoms with Crippen LogP contribution < -0.4 is 14.8 Å². The Bertz CT molecular complexity index is 877. The average molecular weight is 418 g/mol. The Hall–Kier alpha value is -2.77. The Morgan fingerprint density at radius 1 is 1.07 bits per heavy atom. The molecule has 0 bridgehead atoms. The lowest BCUT2D eigenvalue weighted by atomic mass is 10.2. The van der Waals surface area contributed by atoms with Gasteiger partial charge in [-0.05, 0) is 31.3 Å². The molecule has 0 saturated heterocycles. The topological polar surface area (TPSA) is 71.1 Å². The Morgan fingerprint density at radius 3 is 2.52 bits per heavy atom. The summed E-state index contributed by atoms with van der Waals surface area (Å²) in [6, 6.07) is 14.5. The zero-order valence-electron chi connectivity index (χ0n) is 16.4. The second-order valence-corrected chi connectivity index (χ2v) is 7.38. The molecule has 0 aromatic heterocycles. The van der Waals surface area contributed by atoms with Crippen LogP contribution in [0.1, 0.15) is 0 Å². The fourth-order valence-electron chi connectivity index (χ4n) is 2.97. The molecule has 0 radical (unpaired) electrons. The molecule has 0 aliphatic carbocycles. The van der Waals surface area contributed by atoms with Crippen LogP contribution in [0.5, 0.6) is 11.5 Å². The molecule has 1 aliphatic rings. The predicted octanol–water partition coefficient (Wildman–Crippen LogP) is 2.51. The van der Waals surface area contributed by atoms with Crippen LogP contribution in [0.25, 0.3) is 0 Å². The van der Waals surface area contributed by atoms with Gasteiger partial charge in [0.1, 0.15) is 6.61 Å². The van der Waals surface area contributed by atoms with Crippen LogP contribution in [0.15, 0.2) is 48.5 Å². The molecule has 2 aromatic carbocycles. The average Bonchev–Trinajstić information content (AvgIpc) is 2.69. The Kier molecular flexibility index (Phi) is 6.95. The maximum absolute atomic E-state index is 12.5. The highest BCUT2D eigenvalue weighted by molar-refractivity contribution is 6.33. The van der Waals surface area contributed by atoms with E-state index in [1.807, 2.05) is 24.3 Å². The third kappa shape index (κ3) is 5.85. The lowest BCUT2D eigenvalue weighted by molar-refractivity contribution is -0.132. The third-order valence-electron chi connectivity index (χ3n) is 4.44. The number of nitrogens with one attached hydrogen (secondary N) is 1. The maximum atomic E-state index is 12.5. The molecule has 3 rings (SSSR count). The van der Waals surface area contributed by atoms with Crippen LogP contribution in [0, 0.1) is 0 Å². The molecule has 29 heavy (non-hydrogen) atoms. The number of hydrogen-bond acceptors (Lipinski definition) is 5. The maximum Gasteiger partial charge on any atom is 0.238 e. The molecular formula is C21H24ClN3O4. The zero-order chi connectivity index (χ0) is 20.8. The molecule has 2 aromatic rings. The van der Waals surface area contributed by atoms with E-state index in [0.29, 0.717) is 35.4 Å². The van der Waals surface area contributed by atoms with Gasteiger partial charge < -0.3 is 19.7 Å². The van der Waals surface area contributed by atoms with E-state index in [1.165, 1.54) is 0 Å². The Morgan fingerprint density at radius 2 is 1.76 bits per heavy atom. The SMILES string of the molecule is CN(CC(=O)Nc1ccccc1Cl)CC(=O)N(C)C[C@@H]1COc2ccccc2O1. The molecule has 154 valence electrons. The van der Waals surface area contributed by atoms with Crippen molar-refractivity contribution in [1.82, 2.24) is 9.80 Å². The molecule has 0 unspecified atom stereocenters. The summed E-state index contributed by atoms with van der Waals surface area (Å²) in [4.78, 5) is 27.9. The molecule has 2 amide bonds. The van der Waals surface area contributed by atoms with E-state index >= 15 is 0 Å². The van der Waals surface area contributed by atoms with Crippen molar-refractivity contribution in [2.45, 2.75) is 6.10 Å². The summed E-state index contributed by atoms with van der Waals surface area (Å²) in [5.41, 5.74) is 0.547. The van der Waals surface area contributed by atoms with Crippen LogP contribution in [0.4, 0.5) is 5.69 Å². The normalized spacial score (nSPS) is 15.1. The van der Waals surface area contributed by atoms with E-state index < -0.39 is 0 Å². The predicted molar refractivity (Wildman–Crippen MR) is 112 cm³/mol. The number of para-hydroxylation sites is 3. The van der Waals surface area contributed by atoms with Gasteiger partial charge in [0.25, 0.3) is 0 Å². The molecule has 1 N–H and O–H groups in total. The number of carbonyl (C=O) groups is 2. The second kappa shape index (κ2) is 9.62. The minimum absolute atomic E-state index is 0.0707. The van der Waals surface area contributed by atoms with Crippen molar-refractivity contribution in [2.75, 3.05) is 45.7 Å². The first-order chi connectivity index (χ1) is 13.9. The smallest absolute Gasteiger partial charge is 0.238 e. The first-order valence-corrected chi connectivity index (χ1v) is 9.65. The van der Waals surface area contributed by atoms with Crippen molar-refractivity contribution in [2.24, 2.45) is 0 Å². The van der Waals surface area contributed by atoms with E-state index in [-0.39, 0.29) is 31.0 Å². The fraction of sp³-hybridized carbons (Fsp3) is 0.333. The van der Waals surface area contributed by atoms with Crippen LogP contribution in [-0.4, -0.2) is 68.1 Å². The van der Waals surface area contributed by atoms with Gasteiger partial charge in [0.15, 0.2) is 17.6 Å². The summed E-state index contributed by atoms with van der Waals surface area (Å²) < 4.78 is 11.6. The van der Waals surface area contributed by atoms with E-state index in [0.717, 1.165) is 0 Å². The highest BCUT2D eigenvalue weighted by Crippen LogP contribution is 2.30. The van der Waals surface area contributed by atoms with Crippen molar-refractivity contribution in [3.8, 4) is 11.5 Å². The summed E-state index contributed by atoms with van der Waals surface area (Å²) in [6.07, 6.45) is -0.243. The number of amides is 2. The molecule has 1 aliphatic heterocycles. The van der Waals surface area contributed by atoms with Gasteiger partial charge in [-0.2, -0.15) is 0 Å². The highest BCUT2D eigenvalue weighted by atomic mass is 35.5. The largest absolute Gasteiger partial charge is 0.486 e. The number of halogens is 1. The van der Waals surface area contributed by atoms with Crippen molar-refractivity contribution < 1.29 is 19.1 Å². The number of benzene rings is 2. The van der Waals surface area contributed by atoms with Crippen LogP contribution in [0.2, 0.25) is 5.02 Å². The molecule has 0 saturated carbocycles. The zero-order valence-corrected chi connectivity index (χ0v) is 17.2.